The quantitative estimate of drug-likeness (QED) is 0.389. The van der Waals surface area contributed by atoms with Crippen molar-refractivity contribution < 1.29 is 23.8 Å². The SMILES string of the molecule is CCCCOC(=O)c1ccc(NC(=O)Cn2nc(-c3ccc4c(c3)OCCCO4)ccc2=O)cc1. The summed E-state index contributed by atoms with van der Waals surface area (Å²) in [6, 6.07) is 14.8. The molecule has 0 aliphatic carbocycles. The van der Waals surface area contributed by atoms with Crippen molar-refractivity contribution in [3.8, 4) is 22.8 Å². The normalized spacial score (nSPS) is 12.5. The predicted molar refractivity (Wildman–Crippen MR) is 130 cm³/mol. The Morgan fingerprint density at radius 3 is 2.57 bits per heavy atom. The van der Waals surface area contributed by atoms with Crippen LogP contribution in [0.1, 0.15) is 36.5 Å². The number of carbonyl (C=O) groups excluding carboxylic acids is 2. The Balaban J connectivity index is 1.42. The number of esters is 1. The summed E-state index contributed by atoms with van der Waals surface area (Å²) in [6.07, 6.45) is 2.55. The van der Waals surface area contributed by atoms with Gasteiger partial charge in [-0.05, 0) is 55.0 Å². The Morgan fingerprint density at radius 2 is 1.80 bits per heavy atom. The number of aromatic nitrogens is 2. The highest BCUT2D eigenvalue weighted by molar-refractivity contribution is 5.93. The Morgan fingerprint density at radius 1 is 1.03 bits per heavy atom. The first-order valence-electron chi connectivity index (χ1n) is 11.6. The molecule has 1 aliphatic heterocycles. The number of rotatable bonds is 8. The molecule has 0 radical (unpaired) electrons. The van der Waals surface area contributed by atoms with Gasteiger partial charge in [-0.3, -0.25) is 9.59 Å². The third kappa shape index (κ3) is 6.26. The molecule has 0 saturated carbocycles. The number of fused-ring (bicyclic) bond motifs is 1. The molecule has 0 unspecified atom stereocenters. The molecule has 0 bridgehead atoms. The molecule has 0 fully saturated rings. The van der Waals surface area contributed by atoms with Crippen molar-refractivity contribution in [2.75, 3.05) is 25.1 Å². The summed E-state index contributed by atoms with van der Waals surface area (Å²) in [5.74, 6) is 0.460. The second-order valence-corrected chi connectivity index (χ2v) is 8.04. The number of amides is 1. The number of nitrogens with zero attached hydrogens (tertiary/aromatic N) is 2. The van der Waals surface area contributed by atoms with E-state index in [0.29, 0.717) is 48.3 Å². The molecular formula is C26H27N3O6. The molecular weight excluding hydrogens is 450 g/mol. The van der Waals surface area contributed by atoms with Gasteiger partial charge in [-0.1, -0.05) is 13.3 Å². The first-order valence-corrected chi connectivity index (χ1v) is 11.6. The van der Waals surface area contributed by atoms with E-state index in [1.54, 1.807) is 30.3 Å². The Kier molecular flexibility index (Phi) is 7.77. The highest BCUT2D eigenvalue weighted by atomic mass is 16.5. The van der Waals surface area contributed by atoms with E-state index in [0.717, 1.165) is 29.5 Å². The molecule has 182 valence electrons. The maximum Gasteiger partial charge on any atom is 0.338 e. The summed E-state index contributed by atoms with van der Waals surface area (Å²) in [5, 5.41) is 7.07. The van der Waals surface area contributed by atoms with Gasteiger partial charge in [0.2, 0.25) is 5.91 Å². The lowest BCUT2D eigenvalue weighted by atomic mass is 10.1. The van der Waals surface area contributed by atoms with Crippen molar-refractivity contribution in [3.05, 3.63) is 70.5 Å². The van der Waals surface area contributed by atoms with E-state index in [9.17, 15) is 14.4 Å². The first kappa shape index (κ1) is 24.0. The van der Waals surface area contributed by atoms with Crippen LogP contribution in [0.3, 0.4) is 0 Å². The average molecular weight is 478 g/mol. The number of benzene rings is 2. The fourth-order valence-corrected chi connectivity index (χ4v) is 3.46. The highest BCUT2D eigenvalue weighted by Crippen LogP contribution is 2.33. The van der Waals surface area contributed by atoms with E-state index in [2.05, 4.69) is 10.4 Å². The lowest BCUT2D eigenvalue weighted by Crippen LogP contribution is -2.29. The van der Waals surface area contributed by atoms with Crippen molar-refractivity contribution in [1.29, 1.82) is 0 Å². The van der Waals surface area contributed by atoms with E-state index in [4.69, 9.17) is 14.2 Å². The second-order valence-electron chi connectivity index (χ2n) is 8.04. The Bertz CT molecular complexity index is 1250. The number of hydrogen-bond donors (Lipinski definition) is 1. The van der Waals surface area contributed by atoms with Crippen LogP contribution in [0.4, 0.5) is 5.69 Å². The van der Waals surface area contributed by atoms with Gasteiger partial charge in [-0.15, -0.1) is 0 Å². The number of nitrogens with one attached hydrogen (secondary N) is 1. The molecule has 0 spiro atoms. The number of anilines is 1. The zero-order valence-electron chi connectivity index (χ0n) is 19.5. The summed E-state index contributed by atoms with van der Waals surface area (Å²) in [7, 11) is 0. The molecule has 1 N–H and O–H groups in total. The van der Waals surface area contributed by atoms with Crippen LogP contribution in [-0.2, 0) is 16.1 Å². The molecule has 4 rings (SSSR count). The van der Waals surface area contributed by atoms with Gasteiger partial charge < -0.3 is 19.5 Å². The molecule has 1 aromatic heterocycles. The minimum atomic E-state index is -0.423. The largest absolute Gasteiger partial charge is 0.490 e. The molecule has 9 nitrogen and oxygen atoms in total. The maximum atomic E-state index is 12.6. The fraction of sp³-hybridized carbons (Fsp3) is 0.308. The third-order valence-corrected chi connectivity index (χ3v) is 5.34. The predicted octanol–water partition coefficient (Wildman–Crippen LogP) is 3.67. The molecule has 3 aromatic rings. The first-order chi connectivity index (χ1) is 17.0. The van der Waals surface area contributed by atoms with Crippen LogP contribution in [0.5, 0.6) is 11.5 Å². The summed E-state index contributed by atoms with van der Waals surface area (Å²) in [4.78, 5) is 36.9. The molecule has 2 aromatic carbocycles. The van der Waals surface area contributed by atoms with Gasteiger partial charge in [0.25, 0.3) is 5.56 Å². The van der Waals surface area contributed by atoms with Gasteiger partial charge in [0.05, 0.1) is 31.1 Å². The molecule has 0 saturated heterocycles. The highest BCUT2D eigenvalue weighted by Gasteiger charge is 2.14. The van der Waals surface area contributed by atoms with Gasteiger partial charge in [0, 0.05) is 23.7 Å². The van der Waals surface area contributed by atoms with Crippen molar-refractivity contribution in [1.82, 2.24) is 9.78 Å². The molecule has 35 heavy (non-hydrogen) atoms. The van der Waals surface area contributed by atoms with Crippen molar-refractivity contribution in [3.63, 3.8) is 0 Å². The number of unbranched alkanes of at least 4 members (excludes halogenated alkanes) is 1. The van der Waals surface area contributed by atoms with E-state index < -0.39 is 17.4 Å². The van der Waals surface area contributed by atoms with E-state index in [-0.39, 0.29) is 6.54 Å². The van der Waals surface area contributed by atoms with Crippen LogP contribution in [0, 0.1) is 0 Å². The van der Waals surface area contributed by atoms with Crippen LogP contribution >= 0.6 is 0 Å². The smallest absolute Gasteiger partial charge is 0.338 e. The van der Waals surface area contributed by atoms with Gasteiger partial charge in [-0.2, -0.15) is 5.10 Å². The van der Waals surface area contributed by atoms with Gasteiger partial charge in [0.1, 0.15) is 6.54 Å². The van der Waals surface area contributed by atoms with E-state index >= 15 is 0 Å². The second kappa shape index (κ2) is 11.3. The standard InChI is InChI=1S/C26H27N3O6/c1-2-3-13-35-26(32)18-5-8-20(9-6-18)27-24(30)17-29-25(31)12-10-21(28-29)19-7-11-22-23(16-19)34-15-4-14-33-22/h5-12,16H,2-4,13-15,17H2,1H3,(H,27,30). The zero-order valence-corrected chi connectivity index (χ0v) is 19.5. The van der Waals surface area contributed by atoms with Crippen LogP contribution < -0.4 is 20.3 Å². The van der Waals surface area contributed by atoms with Crippen LogP contribution in [0.15, 0.2) is 59.4 Å². The summed E-state index contributed by atoms with van der Waals surface area (Å²) in [5.41, 5.74) is 1.76. The van der Waals surface area contributed by atoms with E-state index in [1.165, 1.54) is 6.07 Å². The minimum Gasteiger partial charge on any atom is -0.490 e. The van der Waals surface area contributed by atoms with Crippen LogP contribution in [0.2, 0.25) is 0 Å². The van der Waals surface area contributed by atoms with Gasteiger partial charge in [-0.25, -0.2) is 9.48 Å². The number of ether oxygens (including phenoxy) is 3. The lowest BCUT2D eigenvalue weighted by molar-refractivity contribution is -0.117. The zero-order chi connectivity index (χ0) is 24.6. The summed E-state index contributed by atoms with van der Waals surface area (Å²) >= 11 is 0. The van der Waals surface area contributed by atoms with Crippen LogP contribution in [-0.4, -0.2) is 41.5 Å². The molecule has 0 atom stereocenters. The lowest BCUT2D eigenvalue weighted by Gasteiger charge is -2.11. The summed E-state index contributed by atoms with van der Waals surface area (Å²) < 4.78 is 17.7. The molecule has 1 aliphatic rings. The van der Waals surface area contributed by atoms with E-state index in [1.807, 2.05) is 25.1 Å². The topological polar surface area (TPSA) is 109 Å². The molecule has 9 heteroatoms. The van der Waals surface area contributed by atoms with Gasteiger partial charge >= 0.3 is 5.97 Å². The van der Waals surface area contributed by atoms with Crippen LogP contribution in [0.25, 0.3) is 11.3 Å². The third-order valence-electron chi connectivity index (χ3n) is 5.34. The number of hydrogen-bond acceptors (Lipinski definition) is 7. The van der Waals surface area contributed by atoms with Crippen molar-refractivity contribution in [2.45, 2.75) is 32.7 Å². The summed E-state index contributed by atoms with van der Waals surface area (Å²) in [6.45, 7) is 3.28. The fourth-order valence-electron chi connectivity index (χ4n) is 3.46. The molecule has 1 amide bonds. The monoisotopic (exact) mass is 477 g/mol. The minimum absolute atomic E-state index is 0.266. The Hall–Kier alpha value is -4.14. The average Bonchev–Trinajstić information content (AvgIpc) is 3.11. The number of carbonyl (C=O) groups is 2. The molecule has 2 heterocycles. The maximum absolute atomic E-state index is 12.6. The van der Waals surface area contributed by atoms with Crippen molar-refractivity contribution >= 4 is 17.6 Å². The van der Waals surface area contributed by atoms with Crippen molar-refractivity contribution in [2.24, 2.45) is 0 Å². The Labute approximate surface area is 202 Å². The van der Waals surface area contributed by atoms with Gasteiger partial charge in [0.15, 0.2) is 11.5 Å².